The lowest BCUT2D eigenvalue weighted by atomic mass is 10.00. The molecule has 0 spiro atoms. The average molecular weight is 551 g/mol. The van der Waals surface area contributed by atoms with Gasteiger partial charge in [0.2, 0.25) is 11.2 Å². The number of Topliss-reactive ketones (excluding diaryl/α,β-unsaturated/α-hetero) is 2. The summed E-state index contributed by atoms with van der Waals surface area (Å²) >= 11 is 0. The number of carbonyl (C=O) groups is 4. The number of rotatable bonds is 14. The molecule has 0 aliphatic carbocycles. The highest BCUT2D eigenvalue weighted by Crippen LogP contribution is 2.21. The van der Waals surface area contributed by atoms with Crippen LogP contribution in [0, 0.1) is 0 Å². The predicted octanol–water partition coefficient (Wildman–Crippen LogP) is 2.60. The fourth-order valence-electron chi connectivity index (χ4n) is 3.88. The van der Waals surface area contributed by atoms with Crippen LogP contribution in [0.2, 0.25) is 0 Å². The third-order valence-corrected chi connectivity index (χ3v) is 6.08. The number of ketones is 2. The van der Waals surface area contributed by atoms with Crippen LogP contribution in [0.4, 0.5) is 5.69 Å². The van der Waals surface area contributed by atoms with E-state index in [1.54, 1.807) is 48.5 Å². The summed E-state index contributed by atoms with van der Waals surface area (Å²) in [6.45, 7) is 0.679. The lowest BCUT2D eigenvalue weighted by Gasteiger charge is -2.12. The standard InChI is InChI=1S/C29H30N2O9/c1-17(33)14-31-29(39)20-7-9-21(10-8-20)30-15-24-28(38)27(37)22(25(16-32)40-24)11-4-18-2-5-19(6-3-18)23(34)12-13-26(35)36/h2-3,5-10,30,32,38H,4,11-16H2,1H3,(H,31,39)(H,35,36). The molecule has 0 aliphatic rings. The summed E-state index contributed by atoms with van der Waals surface area (Å²) in [5.41, 5.74) is 1.58. The van der Waals surface area contributed by atoms with E-state index in [-0.39, 0.29) is 61.0 Å². The van der Waals surface area contributed by atoms with E-state index in [0.29, 0.717) is 23.2 Å². The quantitative estimate of drug-likeness (QED) is 0.187. The van der Waals surface area contributed by atoms with Crippen molar-refractivity contribution >= 4 is 29.1 Å². The second-order valence-electron chi connectivity index (χ2n) is 9.09. The molecule has 3 rings (SSSR count). The van der Waals surface area contributed by atoms with Gasteiger partial charge in [-0.05, 0) is 49.6 Å². The van der Waals surface area contributed by atoms with Gasteiger partial charge in [-0.2, -0.15) is 0 Å². The maximum Gasteiger partial charge on any atom is 0.303 e. The number of aliphatic carboxylic acids is 1. The maximum absolute atomic E-state index is 12.9. The fraction of sp³-hybridized carbons (Fsp3) is 0.276. The number of benzene rings is 2. The predicted molar refractivity (Wildman–Crippen MR) is 144 cm³/mol. The minimum absolute atomic E-state index is 0.0255. The highest BCUT2D eigenvalue weighted by molar-refractivity contribution is 5.97. The molecule has 5 N–H and O–H groups in total. The van der Waals surface area contributed by atoms with Crippen molar-refractivity contribution in [3.8, 4) is 5.75 Å². The van der Waals surface area contributed by atoms with Crippen LogP contribution in [0.5, 0.6) is 5.75 Å². The van der Waals surface area contributed by atoms with Crippen LogP contribution in [-0.4, -0.2) is 45.3 Å². The van der Waals surface area contributed by atoms with Crippen LogP contribution >= 0.6 is 0 Å². The molecule has 0 atom stereocenters. The number of aliphatic hydroxyl groups excluding tert-OH is 1. The van der Waals surface area contributed by atoms with Crippen LogP contribution in [0.15, 0.2) is 57.7 Å². The van der Waals surface area contributed by atoms with Crippen LogP contribution < -0.4 is 16.1 Å². The lowest BCUT2D eigenvalue weighted by Crippen LogP contribution is -2.28. The van der Waals surface area contributed by atoms with Gasteiger partial charge in [-0.3, -0.25) is 24.0 Å². The van der Waals surface area contributed by atoms with Crippen molar-refractivity contribution in [2.45, 2.75) is 45.8 Å². The summed E-state index contributed by atoms with van der Waals surface area (Å²) in [6, 6.07) is 12.9. The van der Waals surface area contributed by atoms with Crippen molar-refractivity contribution in [2.75, 3.05) is 11.9 Å². The molecule has 0 radical (unpaired) electrons. The van der Waals surface area contributed by atoms with E-state index in [0.717, 1.165) is 5.56 Å². The van der Waals surface area contributed by atoms with E-state index in [2.05, 4.69) is 10.6 Å². The van der Waals surface area contributed by atoms with Gasteiger partial charge in [0.25, 0.3) is 5.91 Å². The molecule has 0 fully saturated rings. The first kappa shape index (κ1) is 29.8. The molecule has 2 aromatic carbocycles. The molecule has 1 heterocycles. The van der Waals surface area contributed by atoms with Crippen LogP contribution in [0.3, 0.4) is 0 Å². The van der Waals surface area contributed by atoms with E-state index in [9.17, 15) is 34.2 Å². The molecule has 40 heavy (non-hydrogen) atoms. The lowest BCUT2D eigenvalue weighted by molar-refractivity contribution is -0.137. The summed E-state index contributed by atoms with van der Waals surface area (Å²) in [5, 5.41) is 34.5. The van der Waals surface area contributed by atoms with Crippen LogP contribution in [0.1, 0.15) is 63.1 Å². The Kier molecular flexibility index (Phi) is 10.3. The van der Waals surface area contributed by atoms with Gasteiger partial charge in [0.15, 0.2) is 11.5 Å². The Morgan fingerprint density at radius 3 is 2.12 bits per heavy atom. The van der Waals surface area contributed by atoms with Crippen molar-refractivity contribution < 1.29 is 38.9 Å². The Hall–Kier alpha value is -4.77. The number of amides is 1. The first-order chi connectivity index (χ1) is 19.1. The zero-order valence-corrected chi connectivity index (χ0v) is 21.9. The van der Waals surface area contributed by atoms with Gasteiger partial charge in [0, 0.05) is 28.8 Å². The number of carboxylic acid groups (broad SMARTS) is 1. The van der Waals surface area contributed by atoms with E-state index in [4.69, 9.17) is 9.52 Å². The minimum Gasteiger partial charge on any atom is -0.502 e. The molecule has 0 saturated heterocycles. The number of anilines is 1. The molecular formula is C29H30N2O9. The van der Waals surface area contributed by atoms with E-state index < -0.39 is 29.7 Å². The first-order valence-electron chi connectivity index (χ1n) is 12.5. The van der Waals surface area contributed by atoms with E-state index in [1.807, 2.05) is 0 Å². The number of hydrogen-bond donors (Lipinski definition) is 5. The minimum atomic E-state index is -1.05. The van der Waals surface area contributed by atoms with Crippen LogP contribution in [0.25, 0.3) is 0 Å². The zero-order chi connectivity index (χ0) is 29.2. The Bertz CT molecular complexity index is 1440. The number of carboxylic acids is 1. The fourth-order valence-corrected chi connectivity index (χ4v) is 3.88. The second-order valence-corrected chi connectivity index (χ2v) is 9.09. The SMILES string of the molecule is CC(=O)CNC(=O)c1ccc(NCc2oc(CO)c(CCc3ccc(C(=O)CCC(=O)O)cc3)c(=O)c2O)cc1. The normalized spacial score (nSPS) is 10.7. The smallest absolute Gasteiger partial charge is 0.303 e. The zero-order valence-electron chi connectivity index (χ0n) is 21.9. The van der Waals surface area contributed by atoms with Gasteiger partial charge in [-0.15, -0.1) is 0 Å². The highest BCUT2D eigenvalue weighted by Gasteiger charge is 2.19. The van der Waals surface area contributed by atoms with Crippen molar-refractivity contribution in [1.29, 1.82) is 0 Å². The van der Waals surface area contributed by atoms with Crippen molar-refractivity contribution in [1.82, 2.24) is 5.32 Å². The van der Waals surface area contributed by atoms with Gasteiger partial charge < -0.3 is 30.4 Å². The Morgan fingerprint density at radius 1 is 0.875 bits per heavy atom. The number of aliphatic hydroxyl groups is 1. The third kappa shape index (κ3) is 8.11. The third-order valence-electron chi connectivity index (χ3n) is 6.08. The Balaban J connectivity index is 1.64. The second kappa shape index (κ2) is 13.9. The topological polar surface area (TPSA) is 183 Å². The number of carbonyl (C=O) groups excluding carboxylic acids is 3. The molecule has 3 aromatic rings. The number of nitrogens with one attached hydrogen (secondary N) is 2. The molecule has 1 amide bonds. The monoisotopic (exact) mass is 550 g/mol. The van der Waals surface area contributed by atoms with E-state index in [1.165, 1.54) is 6.92 Å². The number of aromatic hydroxyl groups is 1. The van der Waals surface area contributed by atoms with Gasteiger partial charge in [-0.25, -0.2) is 0 Å². The van der Waals surface area contributed by atoms with Gasteiger partial charge in [-0.1, -0.05) is 24.3 Å². The van der Waals surface area contributed by atoms with E-state index >= 15 is 0 Å². The summed E-state index contributed by atoms with van der Waals surface area (Å²) in [6.07, 6.45) is 0.188. The molecule has 210 valence electrons. The molecule has 1 aromatic heterocycles. The molecule has 0 aliphatic heterocycles. The Labute approximate surface area is 229 Å². The molecular weight excluding hydrogens is 520 g/mol. The van der Waals surface area contributed by atoms with Gasteiger partial charge in [0.1, 0.15) is 18.2 Å². The number of aryl methyl sites for hydroxylation is 1. The average Bonchev–Trinajstić information content (AvgIpc) is 2.95. The Morgan fingerprint density at radius 2 is 1.52 bits per heavy atom. The van der Waals surface area contributed by atoms with Gasteiger partial charge in [0.05, 0.1) is 19.5 Å². The molecule has 11 heteroatoms. The summed E-state index contributed by atoms with van der Waals surface area (Å²) < 4.78 is 5.64. The van der Waals surface area contributed by atoms with Crippen molar-refractivity contribution in [3.05, 3.63) is 92.5 Å². The molecule has 11 nitrogen and oxygen atoms in total. The van der Waals surface area contributed by atoms with Crippen molar-refractivity contribution in [2.24, 2.45) is 0 Å². The van der Waals surface area contributed by atoms with Crippen LogP contribution in [-0.2, 0) is 35.6 Å². The summed E-state index contributed by atoms with van der Waals surface area (Å²) in [5.74, 6) is -2.51. The highest BCUT2D eigenvalue weighted by atomic mass is 16.4. The number of hydrogen-bond acceptors (Lipinski definition) is 9. The summed E-state index contributed by atoms with van der Waals surface area (Å²) in [4.78, 5) is 58.7. The van der Waals surface area contributed by atoms with Gasteiger partial charge >= 0.3 is 5.97 Å². The summed E-state index contributed by atoms with van der Waals surface area (Å²) in [7, 11) is 0. The molecule has 0 unspecified atom stereocenters. The molecule has 0 saturated carbocycles. The largest absolute Gasteiger partial charge is 0.502 e. The first-order valence-corrected chi connectivity index (χ1v) is 12.5. The van der Waals surface area contributed by atoms with Crippen molar-refractivity contribution in [3.63, 3.8) is 0 Å². The maximum atomic E-state index is 12.9. The molecule has 0 bridgehead atoms.